The van der Waals surface area contributed by atoms with E-state index in [9.17, 15) is 0 Å². The fourth-order valence-electron chi connectivity index (χ4n) is 2.23. The average molecular weight is 258 g/mol. The number of pyridine rings is 1. The van der Waals surface area contributed by atoms with Gasteiger partial charge in [0.1, 0.15) is 5.82 Å². The Labute approximate surface area is 114 Å². The van der Waals surface area contributed by atoms with E-state index >= 15 is 0 Å². The summed E-state index contributed by atoms with van der Waals surface area (Å²) in [6.45, 7) is 4.44. The van der Waals surface area contributed by atoms with Crippen LogP contribution >= 0.6 is 0 Å². The van der Waals surface area contributed by atoms with Crippen LogP contribution in [0.2, 0.25) is 0 Å². The second-order valence-electron chi connectivity index (χ2n) is 4.75. The van der Waals surface area contributed by atoms with E-state index in [2.05, 4.69) is 29.2 Å². The Balaban J connectivity index is 2.10. The summed E-state index contributed by atoms with van der Waals surface area (Å²) in [5.41, 5.74) is 0. The molecule has 1 N–H and O–H groups in total. The van der Waals surface area contributed by atoms with Gasteiger partial charge in [-0.15, -0.1) is 0 Å². The van der Waals surface area contributed by atoms with E-state index in [1.807, 2.05) is 30.5 Å². The normalized spacial score (nSPS) is 10.9. The SMILES string of the molecule is CCCC(CCC)Nc1cccc(-n2cccn2)n1. The molecule has 0 spiro atoms. The van der Waals surface area contributed by atoms with Gasteiger partial charge in [-0.2, -0.15) is 5.10 Å². The summed E-state index contributed by atoms with van der Waals surface area (Å²) in [4.78, 5) is 4.61. The highest BCUT2D eigenvalue weighted by atomic mass is 15.3. The first kappa shape index (κ1) is 13.6. The molecule has 2 aromatic heterocycles. The van der Waals surface area contributed by atoms with Gasteiger partial charge in [0, 0.05) is 18.4 Å². The molecule has 2 aromatic rings. The summed E-state index contributed by atoms with van der Waals surface area (Å²) < 4.78 is 1.78. The van der Waals surface area contributed by atoms with Crippen molar-refractivity contribution in [3.63, 3.8) is 0 Å². The Kier molecular flexibility index (Phi) is 4.95. The van der Waals surface area contributed by atoms with E-state index in [-0.39, 0.29) is 0 Å². The molecule has 0 saturated heterocycles. The number of hydrogen-bond acceptors (Lipinski definition) is 3. The molecule has 0 fully saturated rings. The summed E-state index contributed by atoms with van der Waals surface area (Å²) in [7, 11) is 0. The first-order valence-electron chi connectivity index (χ1n) is 7.07. The first-order valence-corrected chi connectivity index (χ1v) is 7.07. The molecular formula is C15H22N4. The van der Waals surface area contributed by atoms with E-state index in [0.29, 0.717) is 6.04 Å². The lowest BCUT2D eigenvalue weighted by molar-refractivity contribution is 0.584. The Bertz CT molecular complexity index is 473. The van der Waals surface area contributed by atoms with E-state index in [0.717, 1.165) is 11.6 Å². The van der Waals surface area contributed by atoms with E-state index in [4.69, 9.17) is 0 Å². The minimum Gasteiger partial charge on any atom is -0.367 e. The Morgan fingerprint density at radius 1 is 1.16 bits per heavy atom. The van der Waals surface area contributed by atoms with Gasteiger partial charge in [-0.05, 0) is 31.0 Å². The number of hydrogen-bond donors (Lipinski definition) is 1. The lowest BCUT2D eigenvalue weighted by Crippen LogP contribution is -2.20. The second kappa shape index (κ2) is 6.92. The van der Waals surface area contributed by atoms with Crippen LogP contribution in [0.15, 0.2) is 36.7 Å². The van der Waals surface area contributed by atoms with Crippen molar-refractivity contribution in [2.75, 3.05) is 5.32 Å². The van der Waals surface area contributed by atoms with Gasteiger partial charge in [0.25, 0.3) is 0 Å². The van der Waals surface area contributed by atoms with Crippen molar-refractivity contribution < 1.29 is 0 Å². The molecule has 4 heteroatoms. The first-order chi connectivity index (χ1) is 9.33. The van der Waals surface area contributed by atoms with Crippen molar-refractivity contribution >= 4 is 5.82 Å². The third-order valence-electron chi connectivity index (χ3n) is 3.10. The van der Waals surface area contributed by atoms with Gasteiger partial charge in [0.05, 0.1) is 0 Å². The van der Waals surface area contributed by atoms with Crippen LogP contribution in [-0.4, -0.2) is 20.8 Å². The molecular weight excluding hydrogens is 236 g/mol. The molecule has 0 aromatic carbocycles. The van der Waals surface area contributed by atoms with Crippen molar-refractivity contribution in [2.24, 2.45) is 0 Å². The van der Waals surface area contributed by atoms with Crippen LogP contribution in [0.5, 0.6) is 0 Å². The third kappa shape index (κ3) is 3.81. The van der Waals surface area contributed by atoms with Gasteiger partial charge in [-0.1, -0.05) is 32.8 Å². The molecule has 2 heterocycles. The van der Waals surface area contributed by atoms with Crippen molar-refractivity contribution in [1.29, 1.82) is 0 Å². The standard InChI is InChI=1S/C15H22N4/c1-3-7-13(8-4-2)17-14-9-5-10-15(18-14)19-12-6-11-16-19/h5-6,9-13H,3-4,7-8H2,1-2H3,(H,17,18). The number of anilines is 1. The topological polar surface area (TPSA) is 42.7 Å². The van der Waals surface area contributed by atoms with Gasteiger partial charge in [0.15, 0.2) is 5.82 Å². The predicted molar refractivity (Wildman–Crippen MR) is 78.6 cm³/mol. The van der Waals surface area contributed by atoms with Crippen molar-refractivity contribution in [2.45, 2.75) is 45.6 Å². The Morgan fingerprint density at radius 2 is 1.95 bits per heavy atom. The molecule has 0 aliphatic rings. The second-order valence-corrected chi connectivity index (χ2v) is 4.75. The smallest absolute Gasteiger partial charge is 0.155 e. The predicted octanol–water partition coefficient (Wildman–Crippen LogP) is 3.65. The van der Waals surface area contributed by atoms with Crippen molar-refractivity contribution in [1.82, 2.24) is 14.8 Å². The molecule has 102 valence electrons. The quantitative estimate of drug-likeness (QED) is 0.824. The van der Waals surface area contributed by atoms with Gasteiger partial charge in [-0.25, -0.2) is 9.67 Å². The molecule has 0 aliphatic carbocycles. The lowest BCUT2D eigenvalue weighted by atomic mass is 10.1. The minimum atomic E-state index is 0.510. The maximum absolute atomic E-state index is 4.61. The Hall–Kier alpha value is -1.84. The molecule has 0 saturated carbocycles. The highest BCUT2D eigenvalue weighted by molar-refractivity contribution is 5.40. The van der Waals surface area contributed by atoms with Crippen molar-refractivity contribution in [3.8, 4) is 5.82 Å². The summed E-state index contributed by atoms with van der Waals surface area (Å²) >= 11 is 0. The van der Waals surface area contributed by atoms with E-state index in [1.54, 1.807) is 10.9 Å². The molecule has 0 aliphatic heterocycles. The van der Waals surface area contributed by atoms with Crippen LogP contribution in [0.4, 0.5) is 5.82 Å². The third-order valence-corrected chi connectivity index (χ3v) is 3.10. The summed E-state index contributed by atoms with van der Waals surface area (Å²) in [6, 6.07) is 8.41. The minimum absolute atomic E-state index is 0.510. The molecule has 19 heavy (non-hydrogen) atoms. The van der Waals surface area contributed by atoms with Gasteiger partial charge >= 0.3 is 0 Å². The van der Waals surface area contributed by atoms with Crippen LogP contribution in [0.25, 0.3) is 5.82 Å². The molecule has 0 bridgehead atoms. The number of rotatable bonds is 7. The molecule has 2 rings (SSSR count). The summed E-state index contributed by atoms with van der Waals surface area (Å²) in [6.07, 6.45) is 8.41. The van der Waals surface area contributed by atoms with Crippen LogP contribution in [0, 0.1) is 0 Å². The molecule has 0 unspecified atom stereocenters. The van der Waals surface area contributed by atoms with Crippen LogP contribution < -0.4 is 5.32 Å². The number of nitrogens with zero attached hydrogens (tertiary/aromatic N) is 3. The highest BCUT2D eigenvalue weighted by Gasteiger charge is 2.07. The van der Waals surface area contributed by atoms with Crippen LogP contribution in [0.3, 0.4) is 0 Å². The maximum atomic E-state index is 4.61. The molecule has 0 radical (unpaired) electrons. The number of aromatic nitrogens is 3. The molecule has 0 atom stereocenters. The molecule has 4 nitrogen and oxygen atoms in total. The highest BCUT2D eigenvalue weighted by Crippen LogP contribution is 2.14. The average Bonchev–Trinajstić information content (AvgIpc) is 2.93. The fraction of sp³-hybridized carbons (Fsp3) is 0.467. The summed E-state index contributed by atoms with van der Waals surface area (Å²) in [5, 5.41) is 7.74. The summed E-state index contributed by atoms with van der Waals surface area (Å²) in [5.74, 6) is 1.78. The van der Waals surface area contributed by atoms with Gasteiger partial charge in [-0.3, -0.25) is 0 Å². The van der Waals surface area contributed by atoms with Gasteiger partial charge < -0.3 is 5.32 Å². The fourth-order valence-corrected chi connectivity index (χ4v) is 2.23. The lowest BCUT2D eigenvalue weighted by Gasteiger charge is -2.18. The zero-order valence-corrected chi connectivity index (χ0v) is 11.7. The Morgan fingerprint density at radius 3 is 2.58 bits per heavy atom. The zero-order valence-electron chi connectivity index (χ0n) is 11.7. The monoisotopic (exact) mass is 258 g/mol. The molecule has 0 amide bonds. The number of nitrogens with one attached hydrogen (secondary N) is 1. The van der Waals surface area contributed by atoms with Gasteiger partial charge in [0.2, 0.25) is 0 Å². The van der Waals surface area contributed by atoms with Crippen LogP contribution in [0.1, 0.15) is 39.5 Å². The maximum Gasteiger partial charge on any atom is 0.155 e. The zero-order chi connectivity index (χ0) is 13.5. The van der Waals surface area contributed by atoms with E-state index in [1.165, 1.54) is 25.7 Å². The van der Waals surface area contributed by atoms with Crippen molar-refractivity contribution in [3.05, 3.63) is 36.7 Å². The van der Waals surface area contributed by atoms with E-state index < -0.39 is 0 Å². The van der Waals surface area contributed by atoms with Crippen LogP contribution in [-0.2, 0) is 0 Å². The largest absolute Gasteiger partial charge is 0.367 e.